The van der Waals surface area contributed by atoms with Crippen LogP contribution in [0, 0.1) is 0 Å². The second kappa shape index (κ2) is 8.01. The van der Waals surface area contributed by atoms with Crippen LogP contribution < -0.4 is 5.32 Å². The molecule has 78 valence electrons. The quantitative estimate of drug-likeness (QED) is 0.469. The Bertz CT molecular complexity index is 137. The van der Waals surface area contributed by atoms with Crippen LogP contribution in [0.2, 0.25) is 0 Å². The summed E-state index contributed by atoms with van der Waals surface area (Å²) >= 11 is 0. The Labute approximate surface area is 79.6 Å². The molecule has 0 saturated carbocycles. The number of carbonyl (C=O) groups is 1. The van der Waals surface area contributed by atoms with Gasteiger partial charge in [-0.15, -0.1) is 0 Å². The number of hydrogen-bond donors (Lipinski definition) is 1. The van der Waals surface area contributed by atoms with Gasteiger partial charge in [-0.3, -0.25) is 4.79 Å². The van der Waals surface area contributed by atoms with E-state index in [1.54, 1.807) is 0 Å². The molecule has 0 saturated heterocycles. The van der Waals surface area contributed by atoms with Crippen molar-refractivity contribution in [3.8, 4) is 0 Å². The van der Waals surface area contributed by atoms with Gasteiger partial charge in [0.15, 0.2) is 0 Å². The predicted octanol–water partition coefficient (Wildman–Crippen LogP) is 0.564. The highest BCUT2D eigenvalue weighted by Gasteiger charge is 1.93. The molecular formula is C9H19NO3. The molecule has 0 aromatic heterocycles. The van der Waals surface area contributed by atoms with Crippen LogP contribution in [0.3, 0.4) is 0 Å². The summed E-state index contributed by atoms with van der Waals surface area (Å²) in [7, 11) is 0. The minimum atomic E-state index is -0.260. The van der Waals surface area contributed by atoms with E-state index in [4.69, 9.17) is 4.74 Å². The van der Waals surface area contributed by atoms with Gasteiger partial charge >= 0.3 is 5.97 Å². The van der Waals surface area contributed by atoms with Gasteiger partial charge in [0.25, 0.3) is 0 Å². The number of ether oxygens (including phenoxy) is 2. The standard InChI is InChI=1S/C9H19NO3/c1-8(2)10-4-5-12-6-7-13-9(3)11/h8,10H,4-7H2,1-3H3. The molecule has 0 atom stereocenters. The first-order valence-corrected chi connectivity index (χ1v) is 4.57. The largest absolute Gasteiger partial charge is 0.463 e. The van der Waals surface area contributed by atoms with E-state index >= 15 is 0 Å². The van der Waals surface area contributed by atoms with Crippen LogP contribution in [0.1, 0.15) is 20.8 Å². The van der Waals surface area contributed by atoms with Crippen molar-refractivity contribution in [3.63, 3.8) is 0 Å². The first-order valence-electron chi connectivity index (χ1n) is 4.57. The molecule has 0 amide bonds. The van der Waals surface area contributed by atoms with Gasteiger partial charge in [-0.05, 0) is 0 Å². The average molecular weight is 189 g/mol. The van der Waals surface area contributed by atoms with Crippen molar-refractivity contribution in [1.29, 1.82) is 0 Å². The van der Waals surface area contributed by atoms with Crippen molar-refractivity contribution in [2.24, 2.45) is 0 Å². The smallest absolute Gasteiger partial charge is 0.302 e. The summed E-state index contributed by atoms with van der Waals surface area (Å²) in [6.07, 6.45) is 0. The zero-order valence-corrected chi connectivity index (χ0v) is 8.63. The van der Waals surface area contributed by atoms with E-state index in [0.29, 0.717) is 25.9 Å². The Morgan fingerprint density at radius 2 is 2.00 bits per heavy atom. The fourth-order valence-electron chi connectivity index (χ4n) is 0.766. The van der Waals surface area contributed by atoms with Crippen molar-refractivity contribution >= 4 is 5.97 Å². The fraction of sp³-hybridized carbons (Fsp3) is 0.889. The van der Waals surface area contributed by atoms with Gasteiger partial charge in [0.05, 0.1) is 13.2 Å². The van der Waals surface area contributed by atoms with Crippen LogP contribution in [-0.2, 0) is 14.3 Å². The number of esters is 1. The molecule has 0 bridgehead atoms. The number of nitrogens with one attached hydrogen (secondary N) is 1. The molecule has 0 aromatic rings. The summed E-state index contributed by atoms with van der Waals surface area (Å²) in [4.78, 5) is 10.3. The molecule has 1 N–H and O–H groups in total. The third kappa shape index (κ3) is 11.4. The molecule has 0 heterocycles. The van der Waals surface area contributed by atoms with E-state index in [1.807, 2.05) is 0 Å². The van der Waals surface area contributed by atoms with Crippen molar-refractivity contribution in [1.82, 2.24) is 5.32 Å². The molecule has 0 aliphatic rings. The third-order valence-electron chi connectivity index (χ3n) is 1.33. The Balaban J connectivity index is 2.96. The topological polar surface area (TPSA) is 47.6 Å². The van der Waals surface area contributed by atoms with Gasteiger partial charge in [-0.25, -0.2) is 0 Å². The molecular weight excluding hydrogens is 170 g/mol. The van der Waals surface area contributed by atoms with Crippen LogP contribution in [-0.4, -0.2) is 38.4 Å². The van der Waals surface area contributed by atoms with Crippen molar-refractivity contribution in [2.75, 3.05) is 26.4 Å². The second-order valence-corrected chi connectivity index (χ2v) is 3.06. The maximum Gasteiger partial charge on any atom is 0.302 e. The summed E-state index contributed by atoms with van der Waals surface area (Å²) in [5.74, 6) is -0.260. The number of carbonyl (C=O) groups excluding carboxylic acids is 1. The zero-order valence-electron chi connectivity index (χ0n) is 8.63. The lowest BCUT2D eigenvalue weighted by Gasteiger charge is -2.08. The molecule has 0 unspecified atom stereocenters. The van der Waals surface area contributed by atoms with Gasteiger partial charge in [-0.2, -0.15) is 0 Å². The van der Waals surface area contributed by atoms with E-state index in [-0.39, 0.29) is 5.97 Å². The predicted molar refractivity (Wildman–Crippen MR) is 50.6 cm³/mol. The summed E-state index contributed by atoms with van der Waals surface area (Å²) in [6, 6.07) is 0.483. The molecule has 4 nitrogen and oxygen atoms in total. The maximum atomic E-state index is 10.3. The van der Waals surface area contributed by atoms with Crippen LogP contribution in [0.15, 0.2) is 0 Å². The lowest BCUT2D eigenvalue weighted by Crippen LogP contribution is -2.27. The SMILES string of the molecule is CC(=O)OCCOCCNC(C)C. The molecule has 0 aliphatic heterocycles. The normalized spacial score (nSPS) is 10.5. The number of rotatable bonds is 7. The van der Waals surface area contributed by atoms with E-state index in [0.717, 1.165) is 6.54 Å². The summed E-state index contributed by atoms with van der Waals surface area (Å²) in [5, 5.41) is 3.21. The Morgan fingerprint density at radius 1 is 1.31 bits per heavy atom. The Hall–Kier alpha value is -0.610. The first-order chi connectivity index (χ1) is 6.13. The average Bonchev–Trinajstić information content (AvgIpc) is 2.01. The molecule has 0 spiro atoms. The molecule has 0 aromatic carbocycles. The van der Waals surface area contributed by atoms with Crippen molar-refractivity contribution in [3.05, 3.63) is 0 Å². The van der Waals surface area contributed by atoms with Crippen LogP contribution in [0.5, 0.6) is 0 Å². The van der Waals surface area contributed by atoms with E-state index in [2.05, 4.69) is 23.9 Å². The van der Waals surface area contributed by atoms with Crippen molar-refractivity contribution in [2.45, 2.75) is 26.8 Å². The molecule has 0 rings (SSSR count). The first kappa shape index (κ1) is 12.4. The lowest BCUT2D eigenvalue weighted by atomic mass is 10.4. The summed E-state index contributed by atoms with van der Waals surface area (Å²) in [5.41, 5.74) is 0. The highest BCUT2D eigenvalue weighted by molar-refractivity contribution is 5.65. The lowest BCUT2D eigenvalue weighted by molar-refractivity contribution is -0.142. The van der Waals surface area contributed by atoms with Gasteiger partial charge in [-0.1, -0.05) is 13.8 Å². The highest BCUT2D eigenvalue weighted by atomic mass is 16.6. The fourth-order valence-corrected chi connectivity index (χ4v) is 0.766. The van der Waals surface area contributed by atoms with Gasteiger partial charge < -0.3 is 14.8 Å². The van der Waals surface area contributed by atoms with E-state index in [9.17, 15) is 4.79 Å². The van der Waals surface area contributed by atoms with Crippen LogP contribution >= 0.6 is 0 Å². The van der Waals surface area contributed by atoms with Gasteiger partial charge in [0.2, 0.25) is 0 Å². The Morgan fingerprint density at radius 3 is 2.54 bits per heavy atom. The minimum Gasteiger partial charge on any atom is -0.463 e. The maximum absolute atomic E-state index is 10.3. The third-order valence-corrected chi connectivity index (χ3v) is 1.33. The Kier molecular flexibility index (Phi) is 7.63. The zero-order chi connectivity index (χ0) is 10.1. The number of hydrogen-bond acceptors (Lipinski definition) is 4. The molecule has 0 aliphatic carbocycles. The van der Waals surface area contributed by atoms with E-state index < -0.39 is 0 Å². The molecule has 4 heteroatoms. The van der Waals surface area contributed by atoms with Gasteiger partial charge in [0.1, 0.15) is 6.61 Å². The van der Waals surface area contributed by atoms with Crippen LogP contribution in [0.4, 0.5) is 0 Å². The van der Waals surface area contributed by atoms with Crippen molar-refractivity contribution < 1.29 is 14.3 Å². The van der Waals surface area contributed by atoms with Crippen LogP contribution in [0.25, 0.3) is 0 Å². The molecule has 0 fully saturated rings. The molecule has 0 radical (unpaired) electrons. The summed E-state index contributed by atoms with van der Waals surface area (Å²) < 4.78 is 9.88. The monoisotopic (exact) mass is 189 g/mol. The van der Waals surface area contributed by atoms with E-state index in [1.165, 1.54) is 6.92 Å². The second-order valence-electron chi connectivity index (χ2n) is 3.06. The molecule has 13 heavy (non-hydrogen) atoms. The summed E-state index contributed by atoms with van der Waals surface area (Å²) in [6.45, 7) is 7.85. The highest BCUT2D eigenvalue weighted by Crippen LogP contribution is 1.80. The van der Waals surface area contributed by atoms with Gasteiger partial charge in [0, 0.05) is 19.5 Å². The minimum absolute atomic E-state index is 0.260.